The molecule has 1 unspecified atom stereocenters. The summed E-state index contributed by atoms with van der Waals surface area (Å²) in [7, 11) is 3.76. The number of hydrogen-bond acceptors (Lipinski definition) is 2. The van der Waals surface area contributed by atoms with E-state index < -0.39 is 0 Å². The first-order valence-electron chi connectivity index (χ1n) is 6.08. The second-order valence-electron chi connectivity index (χ2n) is 4.10. The molecule has 0 saturated carbocycles. The lowest BCUT2D eigenvalue weighted by atomic mass is 10.0. The molecule has 1 atom stereocenters. The molecule has 1 aromatic carbocycles. The molecule has 0 aromatic heterocycles. The van der Waals surface area contributed by atoms with Crippen molar-refractivity contribution in [2.24, 2.45) is 0 Å². The highest BCUT2D eigenvalue weighted by molar-refractivity contribution is 5.37. The van der Waals surface area contributed by atoms with Crippen LogP contribution in [0.3, 0.4) is 0 Å². The van der Waals surface area contributed by atoms with Crippen LogP contribution < -0.4 is 10.1 Å². The van der Waals surface area contributed by atoms with Crippen molar-refractivity contribution in [1.29, 1.82) is 0 Å². The van der Waals surface area contributed by atoms with Crippen molar-refractivity contribution < 1.29 is 4.74 Å². The second kappa shape index (κ2) is 6.54. The fraction of sp³-hybridized carbons (Fsp3) is 0.571. The molecule has 0 aliphatic rings. The molecule has 2 nitrogen and oxygen atoms in total. The van der Waals surface area contributed by atoms with Crippen molar-refractivity contribution in [1.82, 2.24) is 5.32 Å². The van der Waals surface area contributed by atoms with Gasteiger partial charge in [-0.15, -0.1) is 0 Å². The van der Waals surface area contributed by atoms with E-state index in [0.29, 0.717) is 6.04 Å². The van der Waals surface area contributed by atoms with Crippen LogP contribution in [0.4, 0.5) is 0 Å². The second-order valence-corrected chi connectivity index (χ2v) is 4.10. The molecule has 0 aliphatic carbocycles. The van der Waals surface area contributed by atoms with Crippen LogP contribution >= 0.6 is 0 Å². The summed E-state index contributed by atoms with van der Waals surface area (Å²) >= 11 is 0. The number of ether oxygens (including phenoxy) is 1. The SMILES string of the molecule is CCc1cc(CC(CC)NC)ccc1OC. The highest BCUT2D eigenvalue weighted by Crippen LogP contribution is 2.21. The fourth-order valence-electron chi connectivity index (χ4n) is 1.97. The van der Waals surface area contributed by atoms with E-state index in [1.165, 1.54) is 11.1 Å². The van der Waals surface area contributed by atoms with Crippen molar-refractivity contribution in [2.45, 2.75) is 39.2 Å². The van der Waals surface area contributed by atoms with E-state index >= 15 is 0 Å². The van der Waals surface area contributed by atoms with Crippen molar-refractivity contribution in [3.05, 3.63) is 29.3 Å². The zero-order valence-electron chi connectivity index (χ0n) is 10.8. The van der Waals surface area contributed by atoms with Crippen LogP contribution in [0.2, 0.25) is 0 Å². The van der Waals surface area contributed by atoms with Crippen LogP contribution in [-0.4, -0.2) is 20.2 Å². The normalized spacial score (nSPS) is 12.5. The van der Waals surface area contributed by atoms with Crippen LogP contribution in [0, 0.1) is 0 Å². The van der Waals surface area contributed by atoms with Crippen LogP contribution in [0.5, 0.6) is 5.75 Å². The van der Waals surface area contributed by atoms with E-state index in [4.69, 9.17) is 4.74 Å². The predicted molar refractivity (Wildman–Crippen MR) is 69.2 cm³/mol. The average molecular weight is 221 g/mol. The highest BCUT2D eigenvalue weighted by atomic mass is 16.5. The third-order valence-electron chi connectivity index (χ3n) is 3.11. The maximum atomic E-state index is 5.33. The fourth-order valence-corrected chi connectivity index (χ4v) is 1.97. The molecule has 0 heterocycles. The van der Waals surface area contributed by atoms with E-state index in [1.54, 1.807) is 7.11 Å². The van der Waals surface area contributed by atoms with Crippen molar-refractivity contribution >= 4 is 0 Å². The Bertz CT molecular complexity index is 319. The maximum absolute atomic E-state index is 5.33. The molecular formula is C14H23NO. The lowest BCUT2D eigenvalue weighted by molar-refractivity contribution is 0.410. The number of likely N-dealkylation sites (N-methyl/N-ethyl adjacent to an activating group) is 1. The highest BCUT2D eigenvalue weighted by Gasteiger charge is 2.07. The molecule has 0 radical (unpaired) electrons. The van der Waals surface area contributed by atoms with Gasteiger partial charge < -0.3 is 10.1 Å². The van der Waals surface area contributed by atoms with Gasteiger partial charge >= 0.3 is 0 Å². The summed E-state index contributed by atoms with van der Waals surface area (Å²) in [5.74, 6) is 1.00. The molecular weight excluding hydrogens is 198 g/mol. The van der Waals surface area contributed by atoms with Gasteiger partial charge in [0.25, 0.3) is 0 Å². The Hall–Kier alpha value is -1.02. The smallest absolute Gasteiger partial charge is 0.122 e. The van der Waals surface area contributed by atoms with Gasteiger partial charge in [-0.05, 0) is 43.5 Å². The first-order valence-corrected chi connectivity index (χ1v) is 6.08. The van der Waals surface area contributed by atoms with E-state index in [-0.39, 0.29) is 0 Å². The van der Waals surface area contributed by atoms with E-state index in [9.17, 15) is 0 Å². The van der Waals surface area contributed by atoms with Gasteiger partial charge in [-0.2, -0.15) is 0 Å². The number of nitrogens with one attached hydrogen (secondary N) is 1. The molecule has 1 rings (SSSR count). The lowest BCUT2D eigenvalue weighted by Gasteiger charge is -2.15. The van der Waals surface area contributed by atoms with Crippen molar-refractivity contribution in [3.63, 3.8) is 0 Å². The topological polar surface area (TPSA) is 21.3 Å². The van der Waals surface area contributed by atoms with Crippen LogP contribution in [-0.2, 0) is 12.8 Å². The molecule has 0 bridgehead atoms. The molecule has 16 heavy (non-hydrogen) atoms. The summed E-state index contributed by atoms with van der Waals surface area (Å²) in [6, 6.07) is 7.08. The Morgan fingerprint density at radius 3 is 2.56 bits per heavy atom. The first-order chi connectivity index (χ1) is 7.74. The Kier molecular flexibility index (Phi) is 5.33. The van der Waals surface area contributed by atoms with Gasteiger partial charge in [-0.25, -0.2) is 0 Å². The van der Waals surface area contributed by atoms with Crippen molar-refractivity contribution in [3.8, 4) is 5.75 Å². The molecule has 0 spiro atoms. The largest absolute Gasteiger partial charge is 0.496 e. The first kappa shape index (κ1) is 13.0. The van der Waals surface area contributed by atoms with Gasteiger partial charge in [-0.1, -0.05) is 26.0 Å². The number of hydrogen-bond donors (Lipinski definition) is 1. The quantitative estimate of drug-likeness (QED) is 0.797. The van der Waals surface area contributed by atoms with Crippen LogP contribution in [0.25, 0.3) is 0 Å². The predicted octanol–water partition coefficient (Wildman–Crippen LogP) is 2.80. The van der Waals surface area contributed by atoms with Crippen molar-refractivity contribution in [2.75, 3.05) is 14.2 Å². The zero-order valence-corrected chi connectivity index (χ0v) is 10.8. The molecule has 0 amide bonds. The van der Waals surface area contributed by atoms with Gasteiger partial charge in [0.05, 0.1) is 7.11 Å². The molecule has 1 N–H and O–H groups in total. The Morgan fingerprint density at radius 1 is 1.31 bits per heavy atom. The van der Waals surface area contributed by atoms with E-state index in [0.717, 1.165) is 25.0 Å². The average Bonchev–Trinajstić information content (AvgIpc) is 2.35. The Balaban J connectivity index is 2.82. The van der Waals surface area contributed by atoms with Gasteiger partial charge in [-0.3, -0.25) is 0 Å². The van der Waals surface area contributed by atoms with Gasteiger partial charge in [0.15, 0.2) is 0 Å². The zero-order chi connectivity index (χ0) is 12.0. The summed E-state index contributed by atoms with van der Waals surface area (Å²) in [6.45, 7) is 4.38. The van der Waals surface area contributed by atoms with Gasteiger partial charge in [0.1, 0.15) is 5.75 Å². The van der Waals surface area contributed by atoms with Gasteiger partial charge in [0.2, 0.25) is 0 Å². The van der Waals surface area contributed by atoms with Gasteiger partial charge in [0, 0.05) is 6.04 Å². The number of benzene rings is 1. The standard InChI is InChI=1S/C14H23NO/c1-5-12-9-11(7-8-14(12)16-4)10-13(6-2)15-3/h7-9,13,15H,5-6,10H2,1-4H3. The minimum Gasteiger partial charge on any atom is -0.496 e. The molecule has 2 heteroatoms. The summed E-state index contributed by atoms with van der Waals surface area (Å²) in [5.41, 5.74) is 2.69. The minimum atomic E-state index is 0.568. The molecule has 1 aromatic rings. The summed E-state index contributed by atoms with van der Waals surface area (Å²) in [4.78, 5) is 0. The van der Waals surface area contributed by atoms with Crippen LogP contribution in [0.15, 0.2) is 18.2 Å². The Labute approximate surface area is 99.0 Å². The number of rotatable bonds is 6. The van der Waals surface area contributed by atoms with Crippen LogP contribution in [0.1, 0.15) is 31.4 Å². The molecule has 90 valence electrons. The lowest BCUT2D eigenvalue weighted by Crippen LogP contribution is -2.26. The molecule has 0 fully saturated rings. The Morgan fingerprint density at radius 2 is 2.06 bits per heavy atom. The molecule has 0 aliphatic heterocycles. The molecule has 0 saturated heterocycles. The maximum Gasteiger partial charge on any atom is 0.122 e. The third-order valence-corrected chi connectivity index (χ3v) is 3.11. The summed E-state index contributed by atoms with van der Waals surface area (Å²) in [6.07, 6.45) is 3.27. The number of methoxy groups -OCH3 is 1. The van der Waals surface area contributed by atoms with E-state index in [1.807, 2.05) is 7.05 Å². The monoisotopic (exact) mass is 221 g/mol. The summed E-state index contributed by atoms with van der Waals surface area (Å²) in [5, 5.41) is 3.34. The summed E-state index contributed by atoms with van der Waals surface area (Å²) < 4.78 is 5.33. The van der Waals surface area contributed by atoms with E-state index in [2.05, 4.69) is 37.4 Å². The third kappa shape index (κ3) is 3.24. The number of aryl methyl sites for hydroxylation is 1. The minimum absolute atomic E-state index is 0.568.